The summed E-state index contributed by atoms with van der Waals surface area (Å²) >= 11 is 0. The molecule has 1 aliphatic carbocycles. The number of rotatable bonds is 4. The lowest BCUT2D eigenvalue weighted by atomic mass is 9.94. The van der Waals surface area contributed by atoms with Crippen LogP contribution in [-0.4, -0.2) is 23.5 Å². The molecule has 1 aromatic rings. The Balaban J connectivity index is 2.27. The molecule has 0 radical (unpaired) electrons. The van der Waals surface area contributed by atoms with Gasteiger partial charge in [0.05, 0.1) is 0 Å². The van der Waals surface area contributed by atoms with Gasteiger partial charge in [-0.05, 0) is 50.2 Å². The van der Waals surface area contributed by atoms with E-state index >= 15 is 0 Å². The maximum absolute atomic E-state index is 6.66. The highest BCUT2D eigenvalue weighted by Crippen LogP contribution is 2.31. The van der Waals surface area contributed by atoms with Crippen molar-refractivity contribution in [2.24, 2.45) is 11.7 Å². The maximum Gasteiger partial charge on any atom is 0.0455 e. The van der Waals surface area contributed by atoms with E-state index in [1.807, 2.05) is 0 Å². The standard InChI is InChI=1S/C18H30N2/c1-13(2)12-20(14(3)4)17-11-7-9-15-8-5-6-10-16(15)18(17)19/h5-6,8,10,13-14,17-18H,7,9,11-12,19H2,1-4H3. The van der Waals surface area contributed by atoms with Gasteiger partial charge < -0.3 is 5.73 Å². The van der Waals surface area contributed by atoms with Crippen LogP contribution in [0.3, 0.4) is 0 Å². The third-order valence-electron chi connectivity index (χ3n) is 4.44. The Morgan fingerprint density at radius 3 is 2.55 bits per heavy atom. The van der Waals surface area contributed by atoms with E-state index in [0.717, 1.165) is 6.54 Å². The van der Waals surface area contributed by atoms with Crippen molar-refractivity contribution in [2.75, 3.05) is 6.54 Å². The van der Waals surface area contributed by atoms with E-state index in [9.17, 15) is 0 Å². The van der Waals surface area contributed by atoms with Gasteiger partial charge in [-0.2, -0.15) is 0 Å². The van der Waals surface area contributed by atoms with Crippen molar-refractivity contribution in [2.45, 2.75) is 65.1 Å². The number of hydrogen-bond donors (Lipinski definition) is 1. The first kappa shape index (κ1) is 15.5. The van der Waals surface area contributed by atoms with Gasteiger partial charge in [0.1, 0.15) is 0 Å². The Morgan fingerprint density at radius 2 is 1.90 bits per heavy atom. The van der Waals surface area contributed by atoms with E-state index in [4.69, 9.17) is 5.73 Å². The zero-order chi connectivity index (χ0) is 14.7. The molecule has 0 spiro atoms. The summed E-state index contributed by atoms with van der Waals surface area (Å²) in [7, 11) is 0. The summed E-state index contributed by atoms with van der Waals surface area (Å²) in [5.41, 5.74) is 9.48. The van der Waals surface area contributed by atoms with Gasteiger partial charge in [-0.1, -0.05) is 38.1 Å². The second-order valence-corrected chi connectivity index (χ2v) is 6.87. The van der Waals surface area contributed by atoms with E-state index in [1.165, 1.54) is 30.4 Å². The van der Waals surface area contributed by atoms with Crippen LogP contribution >= 0.6 is 0 Å². The van der Waals surface area contributed by atoms with E-state index in [-0.39, 0.29) is 6.04 Å². The smallest absolute Gasteiger partial charge is 0.0455 e. The predicted molar refractivity (Wildman–Crippen MR) is 86.8 cm³/mol. The van der Waals surface area contributed by atoms with Crippen LogP contribution in [0.2, 0.25) is 0 Å². The molecule has 2 atom stereocenters. The van der Waals surface area contributed by atoms with Crippen LogP contribution < -0.4 is 5.73 Å². The number of nitrogens with zero attached hydrogens (tertiary/aromatic N) is 1. The maximum atomic E-state index is 6.66. The third-order valence-corrected chi connectivity index (χ3v) is 4.44. The lowest BCUT2D eigenvalue weighted by Gasteiger charge is -2.39. The zero-order valence-corrected chi connectivity index (χ0v) is 13.5. The van der Waals surface area contributed by atoms with Crippen molar-refractivity contribution in [3.8, 4) is 0 Å². The fourth-order valence-corrected chi connectivity index (χ4v) is 3.50. The molecule has 0 saturated carbocycles. The first-order valence-corrected chi connectivity index (χ1v) is 8.09. The molecule has 2 unspecified atom stereocenters. The molecule has 0 bridgehead atoms. The number of fused-ring (bicyclic) bond motifs is 1. The van der Waals surface area contributed by atoms with Crippen LogP contribution in [0.25, 0.3) is 0 Å². The molecule has 0 saturated heterocycles. The van der Waals surface area contributed by atoms with Gasteiger partial charge in [0.2, 0.25) is 0 Å². The minimum atomic E-state index is 0.148. The molecule has 2 heteroatoms. The third kappa shape index (κ3) is 3.42. The lowest BCUT2D eigenvalue weighted by molar-refractivity contribution is 0.109. The normalized spacial score (nSPS) is 23.2. The molecular weight excluding hydrogens is 244 g/mol. The molecule has 2 rings (SSSR count). The monoisotopic (exact) mass is 274 g/mol. The molecule has 0 heterocycles. The minimum absolute atomic E-state index is 0.148. The van der Waals surface area contributed by atoms with Crippen LogP contribution in [0.5, 0.6) is 0 Å². The Labute approximate surface area is 124 Å². The molecule has 0 aromatic heterocycles. The molecular formula is C18H30N2. The first-order valence-electron chi connectivity index (χ1n) is 8.09. The summed E-state index contributed by atoms with van der Waals surface area (Å²) in [4.78, 5) is 2.62. The first-order chi connectivity index (χ1) is 9.50. The summed E-state index contributed by atoms with van der Waals surface area (Å²) in [6, 6.07) is 9.92. The van der Waals surface area contributed by atoms with Gasteiger partial charge in [-0.3, -0.25) is 4.90 Å². The van der Waals surface area contributed by atoms with Crippen LogP contribution in [0, 0.1) is 5.92 Å². The Morgan fingerprint density at radius 1 is 1.20 bits per heavy atom. The molecule has 20 heavy (non-hydrogen) atoms. The zero-order valence-electron chi connectivity index (χ0n) is 13.5. The van der Waals surface area contributed by atoms with Gasteiger partial charge in [-0.15, -0.1) is 0 Å². The van der Waals surface area contributed by atoms with Gasteiger partial charge in [0, 0.05) is 24.7 Å². The summed E-state index contributed by atoms with van der Waals surface area (Å²) in [5, 5.41) is 0. The van der Waals surface area contributed by atoms with E-state index in [1.54, 1.807) is 0 Å². The Bertz CT molecular complexity index is 425. The summed E-state index contributed by atoms with van der Waals surface area (Å²) in [6.45, 7) is 10.3. The number of benzene rings is 1. The molecule has 2 nitrogen and oxygen atoms in total. The highest BCUT2D eigenvalue weighted by Gasteiger charge is 2.30. The topological polar surface area (TPSA) is 29.3 Å². The number of hydrogen-bond acceptors (Lipinski definition) is 2. The van der Waals surface area contributed by atoms with Gasteiger partial charge in [-0.25, -0.2) is 0 Å². The number of nitrogens with two attached hydrogens (primary N) is 1. The van der Waals surface area contributed by atoms with E-state index in [2.05, 4.69) is 56.9 Å². The predicted octanol–water partition coefficient (Wildman–Crippen LogP) is 3.76. The second kappa shape index (κ2) is 6.73. The molecule has 1 aromatic carbocycles. The van der Waals surface area contributed by atoms with Crippen molar-refractivity contribution in [1.82, 2.24) is 4.90 Å². The van der Waals surface area contributed by atoms with Crippen molar-refractivity contribution >= 4 is 0 Å². The summed E-state index contributed by atoms with van der Waals surface area (Å²) in [5.74, 6) is 0.683. The average molecular weight is 274 g/mol. The fourth-order valence-electron chi connectivity index (χ4n) is 3.50. The molecule has 0 fully saturated rings. The van der Waals surface area contributed by atoms with Crippen LogP contribution in [0.1, 0.15) is 57.7 Å². The van der Waals surface area contributed by atoms with Gasteiger partial charge in [0.25, 0.3) is 0 Å². The highest BCUT2D eigenvalue weighted by molar-refractivity contribution is 5.32. The van der Waals surface area contributed by atoms with Crippen LogP contribution in [0.15, 0.2) is 24.3 Å². The molecule has 112 valence electrons. The minimum Gasteiger partial charge on any atom is -0.323 e. The summed E-state index contributed by atoms with van der Waals surface area (Å²) in [6.07, 6.45) is 3.63. The Kier molecular flexibility index (Phi) is 5.22. The van der Waals surface area contributed by atoms with Crippen LogP contribution in [-0.2, 0) is 6.42 Å². The molecule has 1 aliphatic rings. The molecule has 2 N–H and O–H groups in total. The van der Waals surface area contributed by atoms with Gasteiger partial charge in [0.15, 0.2) is 0 Å². The molecule has 0 aliphatic heterocycles. The van der Waals surface area contributed by atoms with E-state index in [0.29, 0.717) is 18.0 Å². The second-order valence-electron chi connectivity index (χ2n) is 6.87. The quantitative estimate of drug-likeness (QED) is 0.847. The SMILES string of the molecule is CC(C)CN(C(C)C)C1CCCc2ccccc2C1N. The van der Waals surface area contributed by atoms with Crippen molar-refractivity contribution < 1.29 is 0 Å². The average Bonchev–Trinajstić information content (AvgIpc) is 2.56. The van der Waals surface area contributed by atoms with Crippen molar-refractivity contribution in [1.29, 1.82) is 0 Å². The van der Waals surface area contributed by atoms with Gasteiger partial charge >= 0.3 is 0 Å². The number of aryl methyl sites for hydroxylation is 1. The lowest BCUT2D eigenvalue weighted by Crippen LogP contribution is -2.47. The molecule has 0 amide bonds. The van der Waals surface area contributed by atoms with Crippen molar-refractivity contribution in [3.63, 3.8) is 0 Å². The Hall–Kier alpha value is -0.860. The van der Waals surface area contributed by atoms with E-state index < -0.39 is 0 Å². The fraction of sp³-hybridized carbons (Fsp3) is 0.667. The van der Waals surface area contributed by atoms with Crippen LogP contribution in [0.4, 0.5) is 0 Å². The van der Waals surface area contributed by atoms with Crippen molar-refractivity contribution in [3.05, 3.63) is 35.4 Å². The largest absolute Gasteiger partial charge is 0.323 e. The summed E-state index contributed by atoms with van der Waals surface area (Å²) < 4.78 is 0. The highest BCUT2D eigenvalue weighted by atomic mass is 15.2.